The number of hydrogen-bond acceptors (Lipinski definition) is 5. The van der Waals surface area contributed by atoms with E-state index in [0.717, 1.165) is 12.8 Å². The smallest absolute Gasteiger partial charge is 0.297 e. The van der Waals surface area contributed by atoms with E-state index < -0.39 is 17.9 Å². The Morgan fingerprint density at radius 3 is 2.38 bits per heavy atom. The fourth-order valence-corrected chi connectivity index (χ4v) is 2.70. The van der Waals surface area contributed by atoms with E-state index in [9.17, 15) is 20.0 Å². The van der Waals surface area contributed by atoms with Crippen LogP contribution in [-0.2, 0) is 9.59 Å². The Labute approximate surface area is 171 Å². The molecule has 1 fully saturated rings. The highest BCUT2D eigenvalue weighted by atomic mass is 16.5. The number of carbonyl (C=O) groups is 2. The van der Waals surface area contributed by atoms with Gasteiger partial charge in [0.25, 0.3) is 11.8 Å². The van der Waals surface area contributed by atoms with Gasteiger partial charge in [-0.3, -0.25) is 20.0 Å². The Bertz CT molecular complexity index is 835. The molecule has 156 valence electrons. The van der Waals surface area contributed by atoms with Crippen LogP contribution in [-0.4, -0.2) is 45.0 Å². The van der Waals surface area contributed by atoms with Crippen molar-refractivity contribution in [1.29, 1.82) is 0 Å². The fraction of sp³-hybridized carbons (Fsp3) is 0.364. The van der Waals surface area contributed by atoms with Crippen molar-refractivity contribution in [3.8, 4) is 5.75 Å². The third kappa shape index (κ3) is 6.04. The highest BCUT2D eigenvalue weighted by Gasteiger charge is 2.39. The molecule has 2 amide bonds. The molecule has 0 aliphatic carbocycles. The molecule has 1 aromatic rings. The first-order valence-corrected chi connectivity index (χ1v) is 9.49. The summed E-state index contributed by atoms with van der Waals surface area (Å²) < 4.78 is 5.70. The molecule has 1 aliphatic rings. The summed E-state index contributed by atoms with van der Waals surface area (Å²) in [4.78, 5) is 24.0. The van der Waals surface area contributed by atoms with Crippen LogP contribution in [0.5, 0.6) is 5.75 Å². The zero-order valence-corrected chi connectivity index (χ0v) is 17.3. The molecule has 0 saturated carbocycles. The minimum absolute atomic E-state index is 0.271. The van der Waals surface area contributed by atoms with Gasteiger partial charge < -0.3 is 4.74 Å². The molecule has 0 bridgehead atoms. The molecule has 0 spiro atoms. The number of nitrogens with zero attached hydrogens (tertiary/aromatic N) is 2. The van der Waals surface area contributed by atoms with Crippen LogP contribution >= 0.6 is 0 Å². The second kappa shape index (κ2) is 10.0. The van der Waals surface area contributed by atoms with E-state index in [1.165, 1.54) is 24.1 Å². The van der Waals surface area contributed by atoms with Crippen molar-refractivity contribution in [2.24, 2.45) is 0 Å². The Morgan fingerprint density at radius 2 is 1.76 bits per heavy atom. The van der Waals surface area contributed by atoms with Crippen molar-refractivity contribution in [2.45, 2.75) is 46.6 Å². The van der Waals surface area contributed by atoms with E-state index in [-0.39, 0.29) is 10.8 Å². The maximum atomic E-state index is 12.1. The van der Waals surface area contributed by atoms with Crippen LogP contribution < -0.4 is 4.74 Å². The minimum Gasteiger partial charge on any atom is -0.490 e. The third-order valence-electron chi connectivity index (χ3n) is 4.54. The number of ether oxygens (including phenoxy) is 1. The van der Waals surface area contributed by atoms with Gasteiger partial charge in [0, 0.05) is 0 Å². The second-order valence-electron chi connectivity index (χ2n) is 7.26. The van der Waals surface area contributed by atoms with E-state index in [1.807, 2.05) is 6.08 Å². The molecular weight excluding hydrogens is 372 g/mol. The van der Waals surface area contributed by atoms with Crippen molar-refractivity contribution < 1.29 is 24.7 Å². The molecule has 1 aliphatic heterocycles. The van der Waals surface area contributed by atoms with E-state index in [1.54, 1.807) is 24.3 Å². The molecule has 7 heteroatoms. The molecule has 2 rings (SSSR count). The molecule has 0 radical (unpaired) electrons. The maximum Gasteiger partial charge on any atom is 0.297 e. The van der Waals surface area contributed by atoms with Crippen molar-refractivity contribution in [1.82, 2.24) is 10.1 Å². The van der Waals surface area contributed by atoms with Gasteiger partial charge in [0.2, 0.25) is 0 Å². The average Bonchev–Trinajstić information content (AvgIpc) is 2.69. The number of piperazine rings is 1. The number of allylic oxidation sites excluding steroid dienone is 3. The summed E-state index contributed by atoms with van der Waals surface area (Å²) in [5, 5.41) is 20.2. The van der Waals surface area contributed by atoms with Gasteiger partial charge >= 0.3 is 0 Å². The predicted molar refractivity (Wildman–Crippen MR) is 109 cm³/mol. The fourth-order valence-electron chi connectivity index (χ4n) is 2.70. The first kappa shape index (κ1) is 22.4. The van der Waals surface area contributed by atoms with Crippen LogP contribution in [0, 0.1) is 0 Å². The highest BCUT2D eigenvalue weighted by molar-refractivity contribution is 6.05. The number of amides is 2. The normalized spacial score (nSPS) is 19.0. The minimum atomic E-state index is -1.14. The standard InChI is InChI=1S/C22H28N2O5/c1-15(2)6-5-7-16(3)12-13-29-19-10-8-18(9-11-19)14-20-22(26)23(27)17(4)21(25)24(20)28/h6,8-12,14,17,27-28H,5,7,13H2,1-4H3/b16-12+,20-14?/t17-/m0/s1. The largest absolute Gasteiger partial charge is 0.490 e. The van der Waals surface area contributed by atoms with Crippen LogP contribution in [0.25, 0.3) is 6.08 Å². The maximum absolute atomic E-state index is 12.1. The Hall–Kier alpha value is -2.90. The Balaban J connectivity index is 1.98. The summed E-state index contributed by atoms with van der Waals surface area (Å²) in [6, 6.07) is 5.71. The van der Waals surface area contributed by atoms with Crippen LogP contribution in [0.2, 0.25) is 0 Å². The van der Waals surface area contributed by atoms with Crippen LogP contribution in [0.1, 0.15) is 46.1 Å². The number of carbonyl (C=O) groups excluding carboxylic acids is 2. The molecule has 1 aromatic carbocycles. The second-order valence-corrected chi connectivity index (χ2v) is 7.26. The summed E-state index contributed by atoms with van der Waals surface area (Å²) in [5.41, 5.74) is 2.83. The monoisotopic (exact) mass is 400 g/mol. The van der Waals surface area contributed by atoms with E-state index in [0.29, 0.717) is 23.0 Å². The zero-order chi connectivity index (χ0) is 21.6. The Morgan fingerprint density at radius 1 is 1.10 bits per heavy atom. The van der Waals surface area contributed by atoms with Gasteiger partial charge in [-0.1, -0.05) is 29.4 Å². The number of hydroxylamine groups is 4. The molecule has 1 saturated heterocycles. The van der Waals surface area contributed by atoms with Crippen molar-refractivity contribution in [2.75, 3.05) is 6.61 Å². The third-order valence-corrected chi connectivity index (χ3v) is 4.54. The first-order valence-electron chi connectivity index (χ1n) is 9.49. The van der Waals surface area contributed by atoms with E-state index in [4.69, 9.17) is 4.74 Å². The summed E-state index contributed by atoms with van der Waals surface area (Å²) in [7, 11) is 0. The molecule has 1 heterocycles. The van der Waals surface area contributed by atoms with Crippen molar-refractivity contribution in [3.63, 3.8) is 0 Å². The molecule has 1 atom stereocenters. The van der Waals surface area contributed by atoms with Gasteiger partial charge in [-0.15, -0.1) is 0 Å². The number of rotatable bonds is 7. The topological polar surface area (TPSA) is 90.3 Å². The van der Waals surface area contributed by atoms with Crippen molar-refractivity contribution >= 4 is 17.9 Å². The molecule has 0 aromatic heterocycles. The lowest BCUT2D eigenvalue weighted by Gasteiger charge is -2.32. The zero-order valence-electron chi connectivity index (χ0n) is 17.3. The van der Waals surface area contributed by atoms with Gasteiger partial charge in [-0.25, -0.2) is 5.06 Å². The first-order chi connectivity index (χ1) is 13.7. The lowest BCUT2D eigenvalue weighted by molar-refractivity contribution is -0.205. The van der Waals surface area contributed by atoms with Gasteiger partial charge in [0.1, 0.15) is 24.1 Å². The van der Waals surface area contributed by atoms with E-state index in [2.05, 4.69) is 26.8 Å². The van der Waals surface area contributed by atoms with Gasteiger partial charge in [0.05, 0.1) is 0 Å². The summed E-state index contributed by atoms with van der Waals surface area (Å²) >= 11 is 0. The van der Waals surface area contributed by atoms with E-state index >= 15 is 0 Å². The molecular formula is C22H28N2O5. The number of hydrogen-bond donors (Lipinski definition) is 2. The molecule has 7 nitrogen and oxygen atoms in total. The highest BCUT2D eigenvalue weighted by Crippen LogP contribution is 2.21. The van der Waals surface area contributed by atoms with Crippen LogP contribution in [0.3, 0.4) is 0 Å². The Kier molecular flexibility index (Phi) is 7.75. The van der Waals surface area contributed by atoms with Crippen molar-refractivity contribution in [3.05, 3.63) is 58.8 Å². The van der Waals surface area contributed by atoms with Gasteiger partial charge in [-0.2, -0.15) is 5.06 Å². The molecule has 2 N–H and O–H groups in total. The van der Waals surface area contributed by atoms with Gasteiger partial charge in [0.15, 0.2) is 0 Å². The number of benzene rings is 1. The van der Waals surface area contributed by atoms with Crippen LogP contribution in [0.15, 0.2) is 53.3 Å². The lowest BCUT2D eigenvalue weighted by Crippen LogP contribution is -2.54. The molecule has 29 heavy (non-hydrogen) atoms. The molecule has 0 unspecified atom stereocenters. The van der Waals surface area contributed by atoms with Gasteiger partial charge in [-0.05, 0) is 70.4 Å². The summed E-state index contributed by atoms with van der Waals surface area (Å²) in [6.45, 7) is 8.02. The summed E-state index contributed by atoms with van der Waals surface area (Å²) in [6.07, 6.45) is 7.58. The average molecular weight is 400 g/mol. The summed E-state index contributed by atoms with van der Waals surface area (Å²) in [5.74, 6) is -0.983. The quantitative estimate of drug-likeness (QED) is 0.411. The lowest BCUT2D eigenvalue weighted by atomic mass is 10.1. The predicted octanol–water partition coefficient (Wildman–Crippen LogP) is 3.94. The van der Waals surface area contributed by atoms with Crippen LogP contribution in [0.4, 0.5) is 0 Å². The SMILES string of the molecule is CC(C)=CCC/C(C)=C/COc1ccc(C=C2C(=O)N(O)[C@@H](C)C(=O)N2O)cc1.